The van der Waals surface area contributed by atoms with Gasteiger partial charge in [-0.2, -0.15) is 0 Å². The van der Waals surface area contributed by atoms with E-state index >= 15 is 0 Å². The zero-order valence-corrected chi connectivity index (χ0v) is 8.45. The van der Waals surface area contributed by atoms with E-state index in [-0.39, 0.29) is 0 Å². The van der Waals surface area contributed by atoms with Crippen LogP contribution in [0.4, 0.5) is 0 Å². The number of aromatic nitrogens is 1. The third-order valence-electron chi connectivity index (χ3n) is 2.69. The number of furan rings is 1. The molecule has 74 valence electrons. The van der Waals surface area contributed by atoms with Crippen molar-refractivity contribution in [2.75, 3.05) is 0 Å². The SMILES string of the molecule is Cc1c[nH]c2cccc(-c3ccco3)c12. The fourth-order valence-electron chi connectivity index (χ4n) is 1.99. The van der Waals surface area contributed by atoms with Crippen molar-refractivity contribution in [1.29, 1.82) is 0 Å². The Morgan fingerprint density at radius 2 is 2.07 bits per heavy atom. The summed E-state index contributed by atoms with van der Waals surface area (Å²) < 4.78 is 5.44. The van der Waals surface area contributed by atoms with Gasteiger partial charge >= 0.3 is 0 Å². The summed E-state index contributed by atoms with van der Waals surface area (Å²) in [7, 11) is 0. The van der Waals surface area contributed by atoms with E-state index in [1.54, 1.807) is 6.26 Å². The number of rotatable bonds is 1. The van der Waals surface area contributed by atoms with Crippen LogP contribution in [0.3, 0.4) is 0 Å². The number of aromatic amines is 1. The number of hydrogen-bond donors (Lipinski definition) is 1. The molecule has 0 unspecified atom stereocenters. The van der Waals surface area contributed by atoms with Crippen molar-refractivity contribution in [3.8, 4) is 11.3 Å². The Morgan fingerprint density at radius 1 is 1.13 bits per heavy atom. The molecule has 0 saturated heterocycles. The van der Waals surface area contributed by atoms with Crippen LogP contribution in [0.25, 0.3) is 22.2 Å². The third kappa shape index (κ3) is 1.18. The molecule has 0 radical (unpaired) electrons. The number of aryl methyl sites for hydroxylation is 1. The molecule has 1 N–H and O–H groups in total. The number of fused-ring (bicyclic) bond motifs is 1. The molecule has 0 amide bonds. The van der Waals surface area contributed by atoms with Crippen molar-refractivity contribution in [2.45, 2.75) is 6.92 Å². The molecule has 3 aromatic rings. The van der Waals surface area contributed by atoms with Crippen LogP contribution in [0.5, 0.6) is 0 Å². The molecule has 0 fully saturated rings. The van der Waals surface area contributed by atoms with Crippen LogP contribution >= 0.6 is 0 Å². The van der Waals surface area contributed by atoms with Gasteiger partial charge in [-0.05, 0) is 30.7 Å². The van der Waals surface area contributed by atoms with Gasteiger partial charge in [-0.1, -0.05) is 12.1 Å². The summed E-state index contributed by atoms with van der Waals surface area (Å²) in [5, 5.41) is 1.24. The molecular weight excluding hydrogens is 186 g/mol. The molecule has 3 rings (SSSR count). The molecule has 2 heterocycles. The lowest BCUT2D eigenvalue weighted by atomic mass is 10.1. The normalized spacial score (nSPS) is 11.0. The smallest absolute Gasteiger partial charge is 0.134 e. The van der Waals surface area contributed by atoms with E-state index in [4.69, 9.17) is 4.42 Å². The van der Waals surface area contributed by atoms with Crippen LogP contribution in [0.15, 0.2) is 47.2 Å². The second kappa shape index (κ2) is 3.02. The first-order valence-electron chi connectivity index (χ1n) is 4.97. The quantitative estimate of drug-likeness (QED) is 0.632. The van der Waals surface area contributed by atoms with E-state index in [1.165, 1.54) is 10.9 Å². The summed E-state index contributed by atoms with van der Waals surface area (Å²) in [6, 6.07) is 10.1. The van der Waals surface area contributed by atoms with Crippen LogP contribution in [0.1, 0.15) is 5.56 Å². The van der Waals surface area contributed by atoms with Crippen LogP contribution < -0.4 is 0 Å². The van der Waals surface area contributed by atoms with Gasteiger partial charge in [0, 0.05) is 22.7 Å². The summed E-state index contributed by atoms with van der Waals surface area (Å²) >= 11 is 0. The maximum absolute atomic E-state index is 5.44. The van der Waals surface area contributed by atoms with Gasteiger partial charge in [-0.3, -0.25) is 0 Å². The molecular formula is C13H11NO. The first-order valence-corrected chi connectivity index (χ1v) is 4.97. The lowest BCUT2D eigenvalue weighted by molar-refractivity contribution is 0.583. The van der Waals surface area contributed by atoms with Crippen LogP contribution in [-0.4, -0.2) is 4.98 Å². The van der Waals surface area contributed by atoms with Crippen molar-refractivity contribution in [3.63, 3.8) is 0 Å². The summed E-state index contributed by atoms with van der Waals surface area (Å²) in [6.45, 7) is 2.10. The minimum Gasteiger partial charge on any atom is -0.464 e. The third-order valence-corrected chi connectivity index (χ3v) is 2.69. The van der Waals surface area contributed by atoms with Crippen LogP contribution in [-0.2, 0) is 0 Å². The predicted octanol–water partition coefficient (Wildman–Crippen LogP) is 3.74. The van der Waals surface area contributed by atoms with Gasteiger partial charge in [0.2, 0.25) is 0 Å². The van der Waals surface area contributed by atoms with Gasteiger partial charge in [-0.15, -0.1) is 0 Å². The average Bonchev–Trinajstić information content (AvgIpc) is 2.88. The molecule has 0 aliphatic carbocycles. The van der Waals surface area contributed by atoms with Crippen molar-refractivity contribution in [3.05, 3.63) is 48.4 Å². The minimum atomic E-state index is 0.920. The van der Waals surface area contributed by atoms with Gasteiger partial charge < -0.3 is 9.40 Å². The molecule has 2 heteroatoms. The topological polar surface area (TPSA) is 28.9 Å². The highest BCUT2D eigenvalue weighted by molar-refractivity contribution is 5.96. The molecule has 0 atom stereocenters. The zero-order chi connectivity index (χ0) is 10.3. The molecule has 0 aliphatic heterocycles. The predicted molar refractivity (Wildman–Crippen MR) is 60.7 cm³/mol. The van der Waals surface area contributed by atoms with Crippen molar-refractivity contribution < 1.29 is 4.42 Å². The van der Waals surface area contributed by atoms with Gasteiger partial charge in [0.1, 0.15) is 5.76 Å². The van der Waals surface area contributed by atoms with Gasteiger partial charge in [0.05, 0.1) is 6.26 Å². The van der Waals surface area contributed by atoms with Crippen LogP contribution in [0.2, 0.25) is 0 Å². The molecule has 0 aliphatic rings. The fraction of sp³-hybridized carbons (Fsp3) is 0.0769. The highest BCUT2D eigenvalue weighted by Gasteiger charge is 2.08. The summed E-state index contributed by atoms with van der Waals surface area (Å²) in [5.74, 6) is 0.920. The molecule has 2 nitrogen and oxygen atoms in total. The second-order valence-electron chi connectivity index (χ2n) is 3.68. The van der Waals surface area contributed by atoms with E-state index in [1.807, 2.05) is 24.4 Å². The molecule has 0 spiro atoms. The largest absolute Gasteiger partial charge is 0.464 e. The lowest BCUT2D eigenvalue weighted by Gasteiger charge is -2.00. The number of H-pyrrole nitrogens is 1. The lowest BCUT2D eigenvalue weighted by Crippen LogP contribution is -1.77. The molecule has 1 aromatic carbocycles. The monoisotopic (exact) mass is 197 g/mol. The molecule has 15 heavy (non-hydrogen) atoms. The minimum absolute atomic E-state index is 0.920. The Kier molecular flexibility index (Phi) is 1.68. The van der Waals surface area contributed by atoms with E-state index < -0.39 is 0 Å². The fourth-order valence-corrected chi connectivity index (χ4v) is 1.99. The van der Waals surface area contributed by atoms with E-state index in [0.29, 0.717) is 0 Å². The Hall–Kier alpha value is -1.96. The first-order chi connectivity index (χ1) is 7.36. The van der Waals surface area contributed by atoms with Crippen molar-refractivity contribution in [2.24, 2.45) is 0 Å². The van der Waals surface area contributed by atoms with E-state index in [0.717, 1.165) is 16.8 Å². The highest BCUT2D eigenvalue weighted by atomic mass is 16.3. The summed E-state index contributed by atoms with van der Waals surface area (Å²) in [6.07, 6.45) is 3.73. The Balaban J connectivity index is 2.39. The summed E-state index contributed by atoms with van der Waals surface area (Å²) in [4.78, 5) is 3.25. The molecule has 0 bridgehead atoms. The maximum atomic E-state index is 5.44. The molecule has 0 saturated carbocycles. The van der Waals surface area contributed by atoms with Gasteiger partial charge in [0.25, 0.3) is 0 Å². The Labute approximate surface area is 87.5 Å². The first kappa shape index (κ1) is 8.36. The van der Waals surface area contributed by atoms with Gasteiger partial charge in [0.15, 0.2) is 0 Å². The standard InChI is InChI=1S/C13H11NO/c1-9-8-14-11-5-2-4-10(13(9)11)12-6-3-7-15-12/h2-8,14H,1H3. The highest BCUT2D eigenvalue weighted by Crippen LogP contribution is 2.30. The average molecular weight is 197 g/mol. The number of benzene rings is 1. The van der Waals surface area contributed by atoms with Crippen molar-refractivity contribution in [1.82, 2.24) is 4.98 Å². The zero-order valence-electron chi connectivity index (χ0n) is 8.45. The summed E-state index contributed by atoms with van der Waals surface area (Å²) in [5.41, 5.74) is 3.55. The van der Waals surface area contributed by atoms with Crippen LogP contribution in [0, 0.1) is 6.92 Å². The maximum Gasteiger partial charge on any atom is 0.134 e. The van der Waals surface area contributed by atoms with E-state index in [9.17, 15) is 0 Å². The van der Waals surface area contributed by atoms with Crippen molar-refractivity contribution >= 4 is 10.9 Å². The molecule has 2 aromatic heterocycles. The van der Waals surface area contributed by atoms with Gasteiger partial charge in [-0.25, -0.2) is 0 Å². The Bertz CT molecular complexity index is 590. The Morgan fingerprint density at radius 3 is 2.87 bits per heavy atom. The van der Waals surface area contributed by atoms with E-state index in [2.05, 4.69) is 24.0 Å². The number of nitrogens with one attached hydrogen (secondary N) is 1. The number of hydrogen-bond acceptors (Lipinski definition) is 1. The second-order valence-corrected chi connectivity index (χ2v) is 3.68.